The highest BCUT2D eigenvalue weighted by atomic mass is 79.9. The van der Waals surface area contributed by atoms with Gasteiger partial charge >= 0.3 is 0 Å². The lowest BCUT2D eigenvalue weighted by Gasteiger charge is -2.12. The van der Waals surface area contributed by atoms with E-state index in [0.29, 0.717) is 17.9 Å². The summed E-state index contributed by atoms with van der Waals surface area (Å²) in [6, 6.07) is 5.36. The summed E-state index contributed by atoms with van der Waals surface area (Å²) in [6.45, 7) is 1.66. The predicted octanol–water partition coefficient (Wildman–Crippen LogP) is 3.32. The first-order valence-electron chi connectivity index (χ1n) is 5.76. The van der Waals surface area contributed by atoms with Crippen molar-refractivity contribution in [1.82, 2.24) is 0 Å². The first-order chi connectivity index (χ1) is 8.35. The van der Waals surface area contributed by atoms with Gasteiger partial charge < -0.3 is 5.73 Å². The van der Waals surface area contributed by atoms with Crippen molar-refractivity contribution in [3.63, 3.8) is 0 Å². The molecule has 0 spiro atoms. The maximum absolute atomic E-state index is 11.4. The van der Waals surface area contributed by atoms with Crippen LogP contribution in [-0.2, 0) is 9.84 Å². The van der Waals surface area contributed by atoms with Crippen molar-refractivity contribution in [3.05, 3.63) is 33.3 Å². The van der Waals surface area contributed by atoms with Gasteiger partial charge in [0.05, 0.1) is 10.8 Å². The summed E-state index contributed by atoms with van der Waals surface area (Å²) in [5.74, 6) is 0.390. The zero-order valence-corrected chi connectivity index (χ0v) is 13.4. The number of hydrogen-bond donors (Lipinski definition) is 1. The molecule has 0 amide bonds. The molecule has 102 valence electrons. The molecule has 0 bridgehead atoms. The van der Waals surface area contributed by atoms with E-state index in [-0.39, 0.29) is 17.5 Å². The van der Waals surface area contributed by atoms with Gasteiger partial charge in [-0.2, -0.15) is 0 Å². The molecule has 1 aromatic rings. The highest BCUT2D eigenvalue weighted by Gasteiger charge is 2.11. The van der Waals surface area contributed by atoms with Gasteiger partial charge in [-0.15, -0.1) is 0 Å². The first-order valence-corrected chi connectivity index (χ1v) is 8.76. The molecule has 0 heterocycles. The van der Waals surface area contributed by atoms with Gasteiger partial charge in [-0.1, -0.05) is 24.6 Å². The third-order valence-electron chi connectivity index (χ3n) is 2.78. The molecule has 0 fully saturated rings. The molecule has 0 aliphatic rings. The van der Waals surface area contributed by atoms with Gasteiger partial charge in [0.25, 0.3) is 0 Å². The molecule has 0 saturated heterocycles. The summed E-state index contributed by atoms with van der Waals surface area (Å²) in [5.41, 5.74) is 6.98. The zero-order valence-electron chi connectivity index (χ0n) is 10.2. The Balaban J connectivity index is 2.55. The minimum atomic E-state index is -2.90. The summed E-state index contributed by atoms with van der Waals surface area (Å²) in [7, 11) is -2.90. The van der Waals surface area contributed by atoms with Crippen molar-refractivity contribution in [2.75, 3.05) is 11.5 Å². The van der Waals surface area contributed by atoms with Gasteiger partial charge in [0.1, 0.15) is 9.84 Å². The van der Waals surface area contributed by atoms with Gasteiger partial charge in [0, 0.05) is 16.3 Å². The van der Waals surface area contributed by atoms with Crippen LogP contribution in [0.3, 0.4) is 0 Å². The maximum atomic E-state index is 11.4. The van der Waals surface area contributed by atoms with Crippen LogP contribution in [0.5, 0.6) is 0 Å². The Morgan fingerprint density at radius 3 is 2.67 bits per heavy atom. The summed E-state index contributed by atoms with van der Waals surface area (Å²) in [5, 5.41) is 0.638. The van der Waals surface area contributed by atoms with E-state index in [9.17, 15) is 8.42 Å². The number of sulfone groups is 1. The monoisotopic (exact) mass is 353 g/mol. The van der Waals surface area contributed by atoms with Crippen LogP contribution in [0.15, 0.2) is 22.7 Å². The van der Waals surface area contributed by atoms with Crippen LogP contribution in [-0.4, -0.2) is 19.9 Å². The molecule has 0 aliphatic carbocycles. The molecule has 1 rings (SSSR count). The van der Waals surface area contributed by atoms with E-state index in [1.807, 2.05) is 12.1 Å². The Bertz CT molecular complexity index is 505. The van der Waals surface area contributed by atoms with Crippen molar-refractivity contribution in [1.29, 1.82) is 0 Å². The number of halogens is 2. The Kier molecular flexibility index (Phi) is 6.11. The van der Waals surface area contributed by atoms with Crippen LogP contribution in [0.2, 0.25) is 5.02 Å². The van der Waals surface area contributed by atoms with Crippen molar-refractivity contribution >= 4 is 37.4 Å². The normalized spacial score (nSPS) is 13.6. The van der Waals surface area contributed by atoms with E-state index < -0.39 is 9.84 Å². The topological polar surface area (TPSA) is 60.2 Å². The van der Waals surface area contributed by atoms with Crippen molar-refractivity contribution in [3.8, 4) is 0 Å². The second-order valence-electron chi connectivity index (χ2n) is 4.16. The molecular weight excluding hydrogens is 338 g/mol. The Morgan fingerprint density at radius 2 is 2.11 bits per heavy atom. The molecule has 1 unspecified atom stereocenters. The molecule has 0 radical (unpaired) electrons. The SMILES string of the molecule is CCS(=O)(=O)CCCC(N)c1ccc(Cl)c(Br)c1. The fraction of sp³-hybridized carbons (Fsp3) is 0.500. The summed E-state index contributed by atoms with van der Waals surface area (Å²) in [6.07, 6.45) is 1.23. The molecule has 1 atom stereocenters. The quantitative estimate of drug-likeness (QED) is 0.852. The average Bonchev–Trinajstić information content (AvgIpc) is 2.32. The van der Waals surface area contributed by atoms with Crippen molar-refractivity contribution in [2.45, 2.75) is 25.8 Å². The van der Waals surface area contributed by atoms with Crippen LogP contribution < -0.4 is 5.73 Å². The van der Waals surface area contributed by atoms with E-state index in [1.54, 1.807) is 13.0 Å². The lowest BCUT2D eigenvalue weighted by molar-refractivity contribution is 0.584. The summed E-state index contributed by atoms with van der Waals surface area (Å²) < 4.78 is 23.5. The number of benzene rings is 1. The Hall–Kier alpha value is -0.100. The molecule has 18 heavy (non-hydrogen) atoms. The highest BCUT2D eigenvalue weighted by Crippen LogP contribution is 2.26. The Labute approximate surface area is 122 Å². The van der Waals surface area contributed by atoms with Gasteiger partial charge in [-0.3, -0.25) is 0 Å². The van der Waals surface area contributed by atoms with Crippen molar-refractivity contribution in [2.24, 2.45) is 5.73 Å². The van der Waals surface area contributed by atoms with Crippen LogP contribution in [0.4, 0.5) is 0 Å². The Morgan fingerprint density at radius 1 is 1.44 bits per heavy atom. The van der Waals surface area contributed by atoms with Gasteiger partial charge in [-0.25, -0.2) is 8.42 Å². The molecule has 2 N–H and O–H groups in total. The second kappa shape index (κ2) is 6.89. The van der Waals surface area contributed by atoms with Crippen molar-refractivity contribution < 1.29 is 8.42 Å². The van der Waals surface area contributed by atoms with Gasteiger partial charge in [0.2, 0.25) is 0 Å². The number of rotatable bonds is 6. The van der Waals surface area contributed by atoms with Gasteiger partial charge in [-0.05, 0) is 46.5 Å². The molecule has 6 heteroatoms. The third-order valence-corrected chi connectivity index (χ3v) is 5.79. The van der Waals surface area contributed by atoms with E-state index in [4.69, 9.17) is 17.3 Å². The minimum Gasteiger partial charge on any atom is -0.324 e. The maximum Gasteiger partial charge on any atom is 0.150 e. The fourth-order valence-corrected chi connectivity index (χ4v) is 2.99. The first kappa shape index (κ1) is 16.0. The largest absolute Gasteiger partial charge is 0.324 e. The van der Waals surface area contributed by atoms with Crippen LogP contribution >= 0.6 is 27.5 Å². The molecule has 0 saturated carbocycles. The minimum absolute atomic E-state index is 0.161. The van der Waals surface area contributed by atoms with E-state index in [1.165, 1.54) is 0 Å². The van der Waals surface area contributed by atoms with Crippen LogP contribution in [0, 0.1) is 0 Å². The molecule has 0 aliphatic heterocycles. The standard InChI is InChI=1S/C12H17BrClNO2S/c1-2-18(16,17)7-3-4-12(15)9-5-6-11(14)10(13)8-9/h5-6,8,12H,2-4,7,15H2,1H3. The zero-order chi connectivity index (χ0) is 13.8. The smallest absolute Gasteiger partial charge is 0.150 e. The van der Waals surface area contributed by atoms with E-state index in [0.717, 1.165) is 10.0 Å². The molecule has 1 aromatic carbocycles. The van der Waals surface area contributed by atoms with Gasteiger partial charge in [0.15, 0.2) is 0 Å². The summed E-state index contributed by atoms with van der Waals surface area (Å²) in [4.78, 5) is 0. The molecular formula is C12H17BrClNO2S. The fourth-order valence-electron chi connectivity index (χ4n) is 1.58. The lowest BCUT2D eigenvalue weighted by atomic mass is 10.0. The van der Waals surface area contributed by atoms with Crippen LogP contribution in [0.1, 0.15) is 31.4 Å². The lowest BCUT2D eigenvalue weighted by Crippen LogP contribution is -2.14. The van der Waals surface area contributed by atoms with E-state index >= 15 is 0 Å². The average molecular weight is 355 g/mol. The number of nitrogens with two attached hydrogens (primary N) is 1. The molecule has 0 aromatic heterocycles. The highest BCUT2D eigenvalue weighted by molar-refractivity contribution is 9.10. The second-order valence-corrected chi connectivity index (χ2v) is 7.89. The predicted molar refractivity (Wildman–Crippen MR) is 79.6 cm³/mol. The third kappa shape index (κ3) is 4.88. The van der Waals surface area contributed by atoms with Crippen LogP contribution in [0.25, 0.3) is 0 Å². The van der Waals surface area contributed by atoms with E-state index in [2.05, 4.69) is 15.9 Å². The molecule has 3 nitrogen and oxygen atoms in total. The summed E-state index contributed by atoms with van der Waals surface area (Å²) >= 11 is 9.24. The number of hydrogen-bond acceptors (Lipinski definition) is 3.